The van der Waals surface area contributed by atoms with E-state index in [2.05, 4.69) is 17.3 Å². The molecule has 1 fully saturated rings. The van der Waals surface area contributed by atoms with Gasteiger partial charge in [-0.25, -0.2) is 0 Å². The lowest BCUT2D eigenvalue weighted by Gasteiger charge is -2.02. The van der Waals surface area contributed by atoms with Crippen molar-refractivity contribution in [3.05, 3.63) is 17.5 Å². The zero-order valence-corrected chi connectivity index (χ0v) is 9.23. The van der Waals surface area contributed by atoms with Crippen LogP contribution in [-0.2, 0) is 7.05 Å². The molecule has 2 rings (SSSR count). The number of hydrogen-bond acceptors (Lipinski definition) is 3. The molecule has 3 N–H and O–H groups in total. The van der Waals surface area contributed by atoms with E-state index in [1.54, 1.807) is 7.05 Å². The molecule has 0 spiro atoms. The molecule has 0 bridgehead atoms. The van der Waals surface area contributed by atoms with E-state index in [0.717, 1.165) is 6.42 Å². The first-order chi connectivity index (χ1) is 7.49. The summed E-state index contributed by atoms with van der Waals surface area (Å²) in [5.74, 6) is -0.306. The van der Waals surface area contributed by atoms with Crippen LogP contribution in [0.1, 0.15) is 34.3 Å². The fourth-order valence-electron chi connectivity index (χ4n) is 1.57. The van der Waals surface area contributed by atoms with Gasteiger partial charge in [-0.15, -0.1) is 0 Å². The summed E-state index contributed by atoms with van der Waals surface area (Å²) in [6, 6.07) is 1.66. The van der Waals surface area contributed by atoms with Crippen LogP contribution in [0, 0.1) is 5.92 Å². The number of nitrogens with one attached hydrogen (secondary N) is 1. The summed E-state index contributed by atoms with van der Waals surface area (Å²) in [5, 5.41) is 6.72. The molecule has 1 heterocycles. The molecule has 6 nitrogen and oxygen atoms in total. The zero-order chi connectivity index (χ0) is 11.9. The van der Waals surface area contributed by atoms with Gasteiger partial charge in [0.15, 0.2) is 5.69 Å². The Morgan fingerprint density at radius 3 is 2.69 bits per heavy atom. The maximum Gasteiger partial charge on any atom is 0.269 e. The van der Waals surface area contributed by atoms with E-state index in [4.69, 9.17) is 5.73 Å². The average Bonchev–Trinajstić information content (AvgIpc) is 2.75. The molecule has 1 saturated carbocycles. The molecular formula is C10H14N4O2. The molecule has 0 aliphatic heterocycles. The third-order valence-corrected chi connectivity index (χ3v) is 2.79. The second-order valence-electron chi connectivity index (χ2n) is 4.20. The van der Waals surface area contributed by atoms with Crippen molar-refractivity contribution in [3.8, 4) is 0 Å². The molecule has 0 unspecified atom stereocenters. The van der Waals surface area contributed by atoms with Gasteiger partial charge in [-0.1, -0.05) is 6.92 Å². The van der Waals surface area contributed by atoms with Crippen molar-refractivity contribution in [2.24, 2.45) is 18.7 Å². The van der Waals surface area contributed by atoms with Crippen LogP contribution in [0.25, 0.3) is 0 Å². The quantitative estimate of drug-likeness (QED) is 0.733. The second kappa shape index (κ2) is 3.62. The average molecular weight is 222 g/mol. The number of aromatic nitrogens is 2. The van der Waals surface area contributed by atoms with E-state index in [0.29, 0.717) is 11.6 Å². The second-order valence-corrected chi connectivity index (χ2v) is 4.20. The molecule has 2 atom stereocenters. The number of nitrogens with zero attached hydrogens (tertiary/aromatic N) is 2. The minimum atomic E-state index is -0.630. The van der Waals surface area contributed by atoms with Crippen molar-refractivity contribution in [1.82, 2.24) is 15.1 Å². The Kier molecular flexibility index (Phi) is 2.41. The Morgan fingerprint density at radius 1 is 1.62 bits per heavy atom. The summed E-state index contributed by atoms with van der Waals surface area (Å²) in [6.07, 6.45) is 1.01. The van der Waals surface area contributed by atoms with Crippen LogP contribution < -0.4 is 11.1 Å². The van der Waals surface area contributed by atoms with Crippen LogP contribution in [0.15, 0.2) is 6.07 Å². The van der Waals surface area contributed by atoms with Crippen molar-refractivity contribution in [2.45, 2.75) is 19.4 Å². The van der Waals surface area contributed by atoms with Crippen molar-refractivity contribution < 1.29 is 9.59 Å². The highest BCUT2D eigenvalue weighted by Crippen LogP contribution is 2.29. The highest BCUT2D eigenvalue weighted by Gasteiger charge is 2.34. The molecule has 86 valence electrons. The lowest BCUT2D eigenvalue weighted by Crippen LogP contribution is -2.28. The van der Waals surface area contributed by atoms with Gasteiger partial charge in [0.2, 0.25) is 0 Å². The van der Waals surface area contributed by atoms with Gasteiger partial charge in [-0.05, 0) is 12.3 Å². The first kappa shape index (κ1) is 10.7. The Balaban J connectivity index is 2.13. The summed E-state index contributed by atoms with van der Waals surface area (Å²) in [7, 11) is 1.61. The summed E-state index contributed by atoms with van der Waals surface area (Å²) in [4.78, 5) is 22.7. The number of nitrogens with two attached hydrogens (primary N) is 1. The van der Waals surface area contributed by atoms with Crippen molar-refractivity contribution in [1.29, 1.82) is 0 Å². The Hall–Kier alpha value is -1.85. The third-order valence-electron chi connectivity index (χ3n) is 2.79. The fraction of sp³-hybridized carbons (Fsp3) is 0.500. The number of aryl methyl sites for hydroxylation is 1. The summed E-state index contributed by atoms with van der Waals surface area (Å²) in [6.45, 7) is 2.07. The molecule has 1 aromatic rings. The number of hydrogen-bond donors (Lipinski definition) is 2. The van der Waals surface area contributed by atoms with E-state index in [9.17, 15) is 9.59 Å². The van der Waals surface area contributed by atoms with Gasteiger partial charge in [-0.2, -0.15) is 5.10 Å². The van der Waals surface area contributed by atoms with Gasteiger partial charge < -0.3 is 11.1 Å². The van der Waals surface area contributed by atoms with Gasteiger partial charge in [0.25, 0.3) is 11.8 Å². The van der Waals surface area contributed by atoms with Gasteiger partial charge in [0.1, 0.15) is 5.69 Å². The molecule has 1 aromatic heterocycles. The molecule has 16 heavy (non-hydrogen) atoms. The number of amides is 2. The van der Waals surface area contributed by atoms with Crippen molar-refractivity contribution in [3.63, 3.8) is 0 Å². The van der Waals surface area contributed by atoms with E-state index < -0.39 is 5.91 Å². The molecule has 2 amide bonds. The SMILES string of the molecule is C[C@H]1C[C@@H]1NC(=O)c1cc(C(N)=O)nn1C. The number of carbonyl (C=O) groups is 2. The molecule has 0 aromatic carbocycles. The first-order valence-corrected chi connectivity index (χ1v) is 5.13. The number of carbonyl (C=O) groups excluding carboxylic acids is 2. The van der Waals surface area contributed by atoms with Gasteiger partial charge in [0.05, 0.1) is 0 Å². The largest absolute Gasteiger partial charge is 0.364 e. The van der Waals surface area contributed by atoms with Gasteiger partial charge >= 0.3 is 0 Å². The molecular weight excluding hydrogens is 208 g/mol. The molecule has 1 aliphatic rings. The summed E-state index contributed by atoms with van der Waals surface area (Å²) in [5.41, 5.74) is 5.55. The molecule has 6 heteroatoms. The van der Waals surface area contributed by atoms with Gasteiger partial charge in [0, 0.05) is 19.2 Å². The minimum Gasteiger partial charge on any atom is -0.364 e. The highest BCUT2D eigenvalue weighted by molar-refractivity contribution is 5.97. The predicted molar refractivity (Wildman–Crippen MR) is 56.8 cm³/mol. The van der Waals surface area contributed by atoms with Gasteiger partial charge in [-0.3, -0.25) is 14.3 Å². The monoisotopic (exact) mass is 222 g/mol. The van der Waals surface area contributed by atoms with Crippen molar-refractivity contribution >= 4 is 11.8 Å². The maximum absolute atomic E-state index is 11.8. The maximum atomic E-state index is 11.8. The van der Waals surface area contributed by atoms with Crippen molar-refractivity contribution in [2.75, 3.05) is 0 Å². The summed E-state index contributed by atoms with van der Waals surface area (Å²) >= 11 is 0. The van der Waals surface area contributed by atoms with Crippen LogP contribution in [-0.4, -0.2) is 27.6 Å². The number of primary amides is 1. The van der Waals surface area contributed by atoms with E-state index >= 15 is 0 Å². The Bertz CT molecular complexity index is 452. The van der Waals surface area contributed by atoms with Crippen LogP contribution in [0.4, 0.5) is 0 Å². The predicted octanol–water partition coefficient (Wildman–Crippen LogP) is -0.343. The lowest BCUT2D eigenvalue weighted by atomic mass is 10.3. The summed E-state index contributed by atoms with van der Waals surface area (Å²) < 4.78 is 1.36. The third kappa shape index (κ3) is 1.91. The standard InChI is InChI=1S/C10H14N4O2/c1-5-3-6(5)12-10(16)8-4-7(9(11)15)13-14(8)2/h4-6H,3H2,1-2H3,(H2,11,15)(H,12,16)/t5-,6-/m0/s1. The molecule has 0 radical (unpaired) electrons. The van der Waals surface area contributed by atoms with Crippen LogP contribution in [0.3, 0.4) is 0 Å². The van der Waals surface area contributed by atoms with E-state index in [1.165, 1.54) is 10.7 Å². The van der Waals surface area contributed by atoms with Crippen LogP contribution in [0.2, 0.25) is 0 Å². The highest BCUT2D eigenvalue weighted by atomic mass is 16.2. The molecule has 1 aliphatic carbocycles. The zero-order valence-electron chi connectivity index (χ0n) is 9.23. The fourth-order valence-corrected chi connectivity index (χ4v) is 1.57. The minimum absolute atomic E-state index is 0.108. The number of rotatable bonds is 3. The Labute approximate surface area is 92.8 Å². The van der Waals surface area contributed by atoms with Crippen LogP contribution in [0.5, 0.6) is 0 Å². The first-order valence-electron chi connectivity index (χ1n) is 5.13. The lowest BCUT2D eigenvalue weighted by molar-refractivity contribution is 0.0939. The Morgan fingerprint density at radius 2 is 2.25 bits per heavy atom. The molecule has 0 saturated heterocycles. The normalized spacial score (nSPS) is 22.9. The topological polar surface area (TPSA) is 90.0 Å². The van der Waals surface area contributed by atoms with E-state index in [1.807, 2.05) is 0 Å². The smallest absolute Gasteiger partial charge is 0.269 e. The van der Waals surface area contributed by atoms with E-state index in [-0.39, 0.29) is 17.6 Å². The van der Waals surface area contributed by atoms with Crippen LogP contribution >= 0.6 is 0 Å².